The van der Waals surface area contributed by atoms with Gasteiger partial charge in [0.05, 0.1) is 0 Å². The van der Waals surface area contributed by atoms with E-state index in [0.29, 0.717) is 0 Å². The summed E-state index contributed by atoms with van der Waals surface area (Å²) in [5, 5.41) is 0. The van der Waals surface area contributed by atoms with Crippen molar-refractivity contribution >= 4 is 5.82 Å². The van der Waals surface area contributed by atoms with Gasteiger partial charge in [0.15, 0.2) is 0 Å². The van der Waals surface area contributed by atoms with Gasteiger partial charge in [0.2, 0.25) is 0 Å². The highest BCUT2D eigenvalue weighted by Gasteiger charge is 2.20. The average molecular weight is 261 g/mol. The van der Waals surface area contributed by atoms with E-state index in [1.54, 1.807) is 0 Å². The largest absolute Gasteiger partial charge is 0.356 e. The van der Waals surface area contributed by atoms with Gasteiger partial charge in [0.25, 0.3) is 0 Å². The van der Waals surface area contributed by atoms with Crippen LogP contribution in [0.4, 0.5) is 5.82 Å². The molecule has 2 N–H and O–H groups in total. The fourth-order valence-electron chi connectivity index (χ4n) is 2.99. The highest BCUT2D eigenvalue weighted by Crippen LogP contribution is 2.26. The summed E-state index contributed by atoms with van der Waals surface area (Å²) in [5.41, 5.74) is 8.38. The number of rotatable bonds is 4. The Hall–Kier alpha value is -1.09. The molecular weight excluding hydrogens is 234 g/mol. The Balaban J connectivity index is 2.05. The molecule has 0 aromatic carbocycles. The summed E-state index contributed by atoms with van der Waals surface area (Å²) in [6.45, 7) is 8.81. The molecule has 0 radical (unpaired) electrons. The molecule has 3 heteroatoms. The number of aryl methyl sites for hydroxylation is 1. The van der Waals surface area contributed by atoms with Crippen molar-refractivity contribution in [1.29, 1.82) is 0 Å². The number of anilines is 1. The van der Waals surface area contributed by atoms with Crippen molar-refractivity contribution in [3.8, 4) is 0 Å². The summed E-state index contributed by atoms with van der Waals surface area (Å²) in [6, 6.07) is 2.45. The molecule has 2 heterocycles. The molecule has 1 aromatic rings. The molecular formula is C16H27N3. The zero-order valence-electron chi connectivity index (χ0n) is 12.5. The van der Waals surface area contributed by atoms with Crippen molar-refractivity contribution < 1.29 is 0 Å². The van der Waals surface area contributed by atoms with E-state index in [0.717, 1.165) is 25.4 Å². The SMILES string of the molecule is CCC1CCN(c2ncc(CC(C)N)cc2C)CC1. The summed E-state index contributed by atoms with van der Waals surface area (Å²) in [6.07, 6.45) is 6.83. The zero-order valence-corrected chi connectivity index (χ0v) is 12.5. The maximum Gasteiger partial charge on any atom is 0.131 e. The van der Waals surface area contributed by atoms with Crippen molar-refractivity contribution in [1.82, 2.24) is 4.98 Å². The first-order valence-corrected chi connectivity index (χ1v) is 7.56. The summed E-state index contributed by atoms with van der Waals surface area (Å²) in [7, 11) is 0. The second kappa shape index (κ2) is 6.38. The van der Waals surface area contributed by atoms with Gasteiger partial charge in [0, 0.05) is 25.3 Å². The van der Waals surface area contributed by atoms with Crippen molar-refractivity contribution in [2.45, 2.75) is 52.5 Å². The third kappa shape index (κ3) is 3.69. The highest BCUT2D eigenvalue weighted by molar-refractivity contribution is 5.47. The molecule has 0 aliphatic carbocycles. The van der Waals surface area contributed by atoms with Gasteiger partial charge >= 0.3 is 0 Å². The zero-order chi connectivity index (χ0) is 13.8. The summed E-state index contributed by atoms with van der Waals surface area (Å²) in [5.74, 6) is 2.08. The van der Waals surface area contributed by atoms with Gasteiger partial charge in [-0.25, -0.2) is 4.98 Å². The van der Waals surface area contributed by atoms with Crippen LogP contribution in [0.1, 0.15) is 44.2 Å². The smallest absolute Gasteiger partial charge is 0.131 e. The van der Waals surface area contributed by atoms with E-state index in [4.69, 9.17) is 5.73 Å². The second-order valence-electron chi connectivity index (χ2n) is 6.00. The topological polar surface area (TPSA) is 42.2 Å². The van der Waals surface area contributed by atoms with E-state index in [2.05, 4.69) is 29.8 Å². The molecule has 0 saturated carbocycles. The first-order valence-electron chi connectivity index (χ1n) is 7.56. The van der Waals surface area contributed by atoms with E-state index in [1.807, 2.05) is 13.1 Å². The predicted octanol–water partition coefficient (Wildman–Crippen LogP) is 2.91. The van der Waals surface area contributed by atoms with E-state index in [9.17, 15) is 0 Å². The van der Waals surface area contributed by atoms with Crippen molar-refractivity contribution in [2.24, 2.45) is 11.7 Å². The quantitative estimate of drug-likeness (QED) is 0.906. The molecule has 1 aromatic heterocycles. The Kier molecular flexibility index (Phi) is 4.81. The molecule has 1 fully saturated rings. The number of nitrogens with two attached hydrogens (primary N) is 1. The van der Waals surface area contributed by atoms with Crippen LogP contribution in [0.25, 0.3) is 0 Å². The van der Waals surface area contributed by atoms with Crippen LogP contribution in [0.2, 0.25) is 0 Å². The van der Waals surface area contributed by atoms with Crippen LogP contribution in [0.5, 0.6) is 0 Å². The average Bonchev–Trinajstić information content (AvgIpc) is 2.38. The number of piperidine rings is 1. The highest BCUT2D eigenvalue weighted by atomic mass is 15.2. The fraction of sp³-hybridized carbons (Fsp3) is 0.688. The molecule has 0 amide bonds. The van der Waals surface area contributed by atoms with Gasteiger partial charge in [-0.3, -0.25) is 0 Å². The maximum absolute atomic E-state index is 5.85. The molecule has 1 unspecified atom stereocenters. The number of pyridine rings is 1. The van der Waals surface area contributed by atoms with E-state index in [1.165, 1.54) is 36.2 Å². The van der Waals surface area contributed by atoms with Crippen LogP contribution >= 0.6 is 0 Å². The van der Waals surface area contributed by atoms with Gasteiger partial charge in [-0.2, -0.15) is 0 Å². The molecule has 106 valence electrons. The number of aromatic nitrogens is 1. The van der Waals surface area contributed by atoms with Crippen LogP contribution in [-0.2, 0) is 6.42 Å². The lowest BCUT2D eigenvalue weighted by atomic mass is 9.94. The first kappa shape index (κ1) is 14.3. The van der Waals surface area contributed by atoms with Crippen LogP contribution in [0.3, 0.4) is 0 Å². The van der Waals surface area contributed by atoms with Crippen molar-refractivity contribution in [2.75, 3.05) is 18.0 Å². The van der Waals surface area contributed by atoms with Gasteiger partial charge in [-0.1, -0.05) is 19.4 Å². The maximum atomic E-state index is 5.85. The van der Waals surface area contributed by atoms with E-state index in [-0.39, 0.29) is 6.04 Å². The van der Waals surface area contributed by atoms with Gasteiger partial charge in [-0.15, -0.1) is 0 Å². The number of hydrogen-bond donors (Lipinski definition) is 1. The lowest BCUT2D eigenvalue weighted by molar-refractivity contribution is 0.393. The first-order chi connectivity index (χ1) is 9.10. The van der Waals surface area contributed by atoms with Gasteiger partial charge in [0.1, 0.15) is 5.82 Å². The molecule has 1 atom stereocenters. The summed E-state index contributed by atoms with van der Waals surface area (Å²) >= 11 is 0. The van der Waals surface area contributed by atoms with Crippen molar-refractivity contribution in [3.63, 3.8) is 0 Å². The minimum atomic E-state index is 0.201. The Morgan fingerprint density at radius 3 is 2.63 bits per heavy atom. The Labute approximate surface area is 117 Å². The van der Waals surface area contributed by atoms with Crippen LogP contribution in [0, 0.1) is 12.8 Å². The molecule has 2 rings (SSSR count). The lowest BCUT2D eigenvalue weighted by Crippen LogP contribution is -2.34. The summed E-state index contributed by atoms with van der Waals surface area (Å²) in [4.78, 5) is 7.12. The van der Waals surface area contributed by atoms with E-state index >= 15 is 0 Å². The minimum Gasteiger partial charge on any atom is -0.356 e. The Bertz CT molecular complexity index is 406. The number of nitrogens with zero attached hydrogens (tertiary/aromatic N) is 2. The standard InChI is InChI=1S/C16H27N3/c1-4-14-5-7-19(8-6-14)16-12(2)9-15(11-18-16)10-13(3)17/h9,11,13-14H,4-8,10,17H2,1-3H3. The minimum absolute atomic E-state index is 0.201. The fourth-order valence-corrected chi connectivity index (χ4v) is 2.99. The van der Waals surface area contributed by atoms with Crippen LogP contribution < -0.4 is 10.6 Å². The molecule has 19 heavy (non-hydrogen) atoms. The van der Waals surface area contributed by atoms with E-state index < -0.39 is 0 Å². The van der Waals surface area contributed by atoms with Crippen LogP contribution in [0.15, 0.2) is 12.3 Å². The molecule has 0 bridgehead atoms. The van der Waals surface area contributed by atoms with Crippen molar-refractivity contribution in [3.05, 3.63) is 23.4 Å². The molecule has 1 saturated heterocycles. The molecule has 3 nitrogen and oxygen atoms in total. The molecule has 0 spiro atoms. The third-order valence-electron chi connectivity index (χ3n) is 4.16. The second-order valence-corrected chi connectivity index (χ2v) is 6.00. The van der Waals surface area contributed by atoms with Crippen LogP contribution in [-0.4, -0.2) is 24.1 Å². The monoisotopic (exact) mass is 261 g/mol. The molecule has 1 aliphatic heterocycles. The number of hydrogen-bond acceptors (Lipinski definition) is 3. The lowest BCUT2D eigenvalue weighted by Gasteiger charge is -2.33. The normalized spacial score (nSPS) is 18.6. The van der Waals surface area contributed by atoms with Gasteiger partial charge < -0.3 is 10.6 Å². The predicted molar refractivity (Wildman–Crippen MR) is 81.6 cm³/mol. The Morgan fingerprint density at radius 1 is 1.42 bits per heavy atom. The third-order valence-corrected chi connectivity index (χ3v) is 4.16. The Morgan fingerprint density at radius 2 is 2.11 bits per heavy atom. The summed E-state index contributed by atoms with van der Waals surface area (Å²) < 4.78 is 0. The molecule has 1 aliphatic rings. The van der Waals surface area contributed by atoms with Gasteiger partial charge in [-0.05, 0) is 50.2 Å².